The van der Waals surface area contributed by atoms with E-state index < -0.39 is 29.4 Å². The molecular formula is C23H21F4N3O2. The van der Waals surface area contributed by atoms with Crippen LogP contribution in [0.1, 0.15) is 16.7 Å². The van der Waals surface area contributed by atoms with Crippen molar-refractivity contribution in [2.45, 2.75) is 12.7 Å². The summed E-state index contributed by atoms with van der Waals surface area (Å²) in [4.78, 5) is 31.5. The number of rotatable bonds is 4. The van der Waals surface area contributed by atoms with Gasteiger partial charge in [-0.25, -0.2) is 4.39 Å². The third-order valence-electron chi connectivity index (χ3n) is 5.69. The lowest BCUT2D eigenvalue weighted by Gasteiger charge is -2.34. The molecule has 2 amide bonds. The fraction of sp³-hybridized carbons (Fsp3) is 0.304. The van der Waals surface area contributed by atoms with Crippen LogP contribution in [-0.2, 0) is 22.3 Å². The zero-order valence-corrected chi connectivity index (χ0v) is 17.3. The van der Waals surface area contributed by atoms with Gasteiger partial charge in [0.15, 0.2) is 0 Å². The number of carbonyl (C=O) groups excluding carboxylic acids is 2. The molecule has 2 aliphatic rings. The minimum Gasteiger partial charge on any atom is -0.364 e. The van der Waals surface area contributed by atoms with Crippen molar-refractivity contribution < 1.29 is 27.2 Å². The molecule has 2 heterocycles. The Balaban J connectivity index is 1.70. The van der Waals surface area contributed by atoms with E-state index in [1.165, 1.54) is 36.4 Å². The molecule has 0 radical (unpaired) electrons. The van der Waals surface area contributed by atoms with E-state index in [9.17, 15) is 27.2 Å². The minimum atomic E-state index is -4.53. The van der Waals surface area contributed by atoms with Crippen molar-refractivity contribution in [1.82, 2.24) is 14.7 Å². The Morgan fingerprint density at radius 1 is 0.906 bits per heavy atom. The number of benzene rings is 2. The van der Waals surface area contributed by atoms with Crippen molar-refractivity contribution in [2.24, 2.45) is 0 Å². The molecule has 0 aliphatic carbocycles. The van der Waals surface area contributed by atoms with E-state index in [2.05, 4.69) is 4.90 Å². The quantitative estimate of drug-likeness (QED) is 0.533. The lowest BCUT2D eigenvalue weighted by atomic mass is 10.0. The monoisotopic (exact) mass is 447 g/mol. The van der Waals surface area contributed by atoms with Gasteiger partial charge in [-0.3, -0.25) is 14.5 Å². The molecule has 2 aromatic rings. The van der Waals surface area contributed by atoms with Crippen LogP contribution in [0.15, 0.2) is 54.2 Å². The molecule has 4 rings (SSSR count). The molecule has 9 heteroatoms. The van der Waals surface area contributed by atoms with Gasteiger partial charge in [-0.15, -0.1) is 0 Å². The molecule has 1 fully saturated rings. The van der Waals surface area contributed by atoms with Gasteiger partial charge in [0.2, 0.25) is 0 Å². The SMILES string of the molecule is CN1CCN(C2=C(c3ccc(F)cc3)C(=O)N(Cc3cccc(C(F)(F)F)c3)C2=O)CC1. The van der Waals surface area contributed by atoms with E-state index in [-0.39, 0.29) is 23.4 Å². The third-order valence-corrected chi connectivity index (χ3v) is 5.69. The Hall–Kier alpha value is -3.20. The van der Waals surface area contributed by atoms with Crippen LogP contribution in [0.4, 0.5) is 17.6 Å². The first-order valence-corrected chi connectivity index (χ1v) is 10.1. The Morgan fingerprint density at radius 3 is 2.19 bits per heavy atom. The van der Waals surface area contributed by atoms with Crippen molar-refractivity contribution in [2.75, 3.05) is 33.2 Å². The predicted octanol–water partition coefficient (Wildman–Crippen LogP) is 3.37. The summed E-state index contributed by atoms with van der Waals surface area (Å²) in [6.45, 7) is 2.13. The van der Waals surface area contributed by atoms with E-state index in [4.69, 9.17) is 0 Å². The third kappa shape index (κ3) is 4.25. The van der Waals surface area contributed by atoms with Crippen molar-refractivity contribution >= 4 is 17.4 Å². The summed E-state index contributed by atoms with van der Waals surface area (Å²) in [5.74, 6) is -1.64. The number of alkyl halides is 3. The predicted molar refractivity (Wildman–Crippen MR) is 109 cm³/mol. The van der Waals surface area contributed by atoms with E-state index >= 15 is 0 Å². The molecule has 1 saturated heterocycles. The molecule has 2 aromatic carbocycles. The van der Waals surface area contributed by atoms with Gasteiger partial charge in [-0.2, -0.15) is 13.2 Å². The fourth-order valence-corrected chi connectivity index (χ4v) is 3.94. The maximum absolute atomic E-state index is 13.5. The molecule has 0 unspecified atom stereocenters. The highest BCUT2D eigenvalue weighted by Gasteiger charge is 2.42. The van der Waals surface area contributed by atoms with Crippen molar-refractivity contribution in [3.63, 3.8) is 0 Å². The first-order valence-electron chi connectivity index (χ1n) is 10.1. The van der Waals surface area contributed by atoms with Crippen LogP contribution in [0.3, 0.4) is 0 Å². The molecule has 0 bridgehead atoms. The van der Waals surface area contributed by atoms with E-state index in [0.29, 0.717) is 31.7 Å². The van der Waals surface area contributed by atoms with E-state index in [1.807, 2.05) is 11.9 Å². The number of carbonyl (C=O) groups is 2. The van der Waals surface area contributed by atoms with Gasteiger partial charge in [0.25, 0.3) is 11.8 Å². The molecule has 32 heavy (non-hydrogen) atoms. The average Bonchev–Trinajstić information content (AvgIpc) is 2.99. The second kappa shape index (κ2) is 8.38. The molecule has 168 valence electrons. The number of halogens is 4. The molecule has 0 spiro atoms. The van der Waals surface area contributed by atoms with Crippen LogP contribution in [0.2, 0.25) is 0 Å². The summed E-state index contributed by atoms with van der Waals surface area (Å²) < 4.78 is 52.7. The number of hydrogen-bond donors (Lipinski definition) is 0. The van der Waals surface area contributed by atoms with Crippen LogP contribution in [-0.4, -0.2) is 59.7 Å². The topological polar surface area (TPSA) is 43.9 Å². The van der Waals surface area contributed by atoms with E-state index in [0.717, 1.165) is 17.0 Å². The summed E-state index contributed by atoms with van der Waals surface area (Å²) in [5, 5.41) is 0. The van der Waals surface area contributed by atoms with Gasteiger partial charge >= 0.3 is 6.18 Å². The molecule has 0 aromatic heterocycles. The maximum Gasteiger partial charge on any atom is 0.416 e. The summed E-state index contributed by atoms with van der Waals surface area (Å²) in [5.41, 5.74) is 0.0955. The first-order chi connectivity index (χ1) is 15.1. The second-order valence-corrected chi connectivity index (χ2v) is 7.92. The molecule has 0 N–H and O–H groups in total. The number of hydrogen-bond acceptors (Lipinski definition) is 4. The van der Waals surface area contributed by atoms with Gasteiger partial charge in [-0.05, 0) is 42.4 Å². The van der Waals surface area contributed by atoms with Gasteiger partial charge in [0, 0.05) is 26.2 Å². The van der Waals surface area contributed by atoms with Crippen LogP contribution in [0, 0.1) is 5.82 Å². The number of amides is 2. The standard InChI is InChI=1S/C23H21F4N3O2/c1-28-9-11-29(12-10-28)20-19(16-5-7-18(24)8-6-16)21(31)30(22(20)32)14-15-3-2-4-17(13-15)23(25,26)27/h2-8,13H,9-12,14H2,1H3. The highest BCUT2D eigenvalue weighted by atomic mass is 19.4. The van der Waals surface area contributed by atoms with Gasteiger partial charge < -0.3 is 9.80 Å². The molecule has 0 atom stereocenters. The molecule has 5 nitrogen and oxygen atoms in total. The summed E-state index contributed by atoms with van der Waals surface area (Å²) in [6, 6.07) is 9.84. The Labute approximate surface area is 182 Å². The van der Waals surface area contributed by atoms with Crippen molar-refractivity contribution in [3.8, 4) is 0 Å². The lowest BCUT2D eigenvalue weighted by molar-refractivity contribution is -0.138. The Morgan fingerprint density at radius 2 is 1.56 bits per heavy atom. The highest BCUT2D eigenvalue weighted by molar-refractivity contribution is 6.35. The highest BCUT2D eigenvalue weighted by Crippen LogP contribution is 2.34. The van der Waals surface area contributed by atoms with Crippen LogP contribution in [0.5, 0.6) is 0 Å². The van der Waals surface area contributed by atoms with Crippen LogP contribution >= 0.6 is 0 Å². The summed E-state index contributed by atoms with van der Waals surface area (Å²) in [6.07, 6.45) is -4.53. The molecule has 0 saturated carbocycles. The largest absolute Gasteiger partial charge is 0.416 e. The fourth-order valence-electron chi connectivity index (χ4n) is 3.94. The number of likely N-dealkylation sites (N-methyl/N-ethyl adjacent to an activating group) is 1. The Bertz CT molecular complexity index is 1070. The average molecular weight is 447 g/mol. The zero-order chi connectivity index (χ0) is 23.0. The van der Waals surface area contributed by atoms with Crippen molar-refractivity contribution in [3.05, 3.63) is 76.7 Å². The number of imide groups is 1. The first kappa shape index (κ1) is 22.0. The minimum absolute atomic E-state index is 0.145. The zero-order valence-electron chi connectivity index (χ0n) is 17.3. The number of piperazine rings is 1. The smallest absolute Gasteiger partial charge is 0.364 e. The molecule has 2 aliphatic heterocycles. The van der Waals surface area contributed by atoms with Crippen molar-refractivity contribution in [1.29, 1.82) is 0 Å². The maximum atomic E-state index is 13.5. The van der Waals surface area contributed by atoms with Crippen LogP contribution < -0.4 is 0 Å². The van der Waals surface area contributed by atoms with Gasteiger partial charge in [0.05, 0.1) is 17.7 Å². The summed E-state index contributed by atoms with van der Waals surface area (Å²) >= 11 is 0. The van der Waals surface area contributed by atoms with Gasteiger partial charge in [0.1, 0.15) is 11.5 Å². The van der Waals surface area contributed by atoms with Crippen LogP contribution in [0.25, 0.3) is 5.57 Å². The Kier molecular flexibility index (Phi) is 5.77. The number of nitrogens with zero attached hydrogens (tertiary/aromatic N) is 3. The lowest BCUT2D eigenvalue weighted by Crippen LogP contribution is -2.46. The molecular weight excluding hydrogens is 426 g/mol. The normalized spacial score (nSPS) is 18.2. The second-order valence-electron chi connectivity index (χ2n) is 7.92. The van der Waals surface area contributed by atoms with E-state index in [1.54, 1.807) is 0 Å². The summed E-state index contributed by atoms with van der Waals surface area (Å²) in [7, 11) is 1.95. The van der Waals surface area contributed by atoms with Gasteiger partial charge in [-0.1, -0.05) is 24.3 Å².